The summed E-state index contributed by atoms with van der Waals surface area (Å²) >= 11 is 0. The third-order valence-electron chi connectivity index (χ3n) is 4.16. The van der Waals surface area contributed by atoms with Crippen LogP contribution in [-0.2, 0) is 9.47 Å². The molecule has 0 fully saturated rings. The van der Waals surface area contributed by atoms with Crippen molar-refractivity contribution < 1.29 is 9.47 Å². The summed E-state index contributed by atoms with van der Waals surface area (Å²) in [6, 6.07) is 0. The fraction of sp³-hybridized carbons (Fsp3) is 0.667. The van der Waals surface area contributed by atoms with E-state index in [1.54, 1.807) is 14.2 Å². The lowest BCUT2D eigenvalue weighted by Crippen LogP contribution is -2.31. The molecule has 0 bridgehead atoms. The molecule has 0 radical (unpaired) electrons. The third-order valence-corrected chi connectivity index (χ3v) is 4.16. The molecule has 22 heavy (non-hydrogen) atoms. The second-order valence-corrected chi connectivity index (χ2v) is 5.91. The molecule has 0 saturated heterocycles. The van der Waals surface area contributed by atoms with Crippen molar-refractivity contribution in [1.29, 1.82) is 0 Å². The Morgan fingerprint density at radius 3 is 1.64 bits per heavy atom. The fourth-order valence-electron chi connectivity index (χ4n) is 2.76. The quantitative estimate of drug-likeness (QED) is 0.549. The molecular weight excluding hydrogens is 276 g/mol. The lowest BCUT2D eigenvalue weighted by Gasteiger charge is -2.25. The number of hydrogen-bond acceptors (Lipinski definition) is 4. The van der Waals surface area contributed by atoms with Gasteiger partial charge in [0.25, 0.3) is 0 Å². The van der Waals surface area contributed by atoms with Crippen molar-refractivity contribution in [3.8, 4) is 11.8 Å². The van der Waals surface area contributed by atoms with Crippen LogP contribution in [0.3, 0.4) is 0 Å². The molecule has 0 aromatic carbocycles. The molecule has 0 atom stereocenters. The lowest BCUT2D eigenvalue weighted by molar-refractivity contribution is 0.214. The van der Waals surface area contributed by atoms with Crippen LogP contribution in [0, 0.1) is 11.8 Å². The standard InChI is InChI=1S/C18H28N2O2/c1-21-15-17-5-11-19(12-6-17)9-3-4-10-20-13-7-18(8-14-20)16-22-2/h5,7H,6,8-16H2,1-2H3. The molecule has 2 aliphatic rings. The summed E-state index contributed by atoms with van der Waals surface area (Å²) < 4.78 is 10.3. The maximum atomic E-state index is 5.17. The van der Waals surface area contributed by atoms with E-state index in [1.165, 1.54) is 11.1 Å². The van der Waals surface area contributed by atoms with Gasteiger partial charge in [-0.15, -0.1) is 0 Å². The van der Waals surface area contributed by atoms with Crippen LogP contribution in [0.5, 0.6) is 0 Å². The van der Waals surface area contributed by atoms with Crippen molar-refractivity contribution in [3.05, 3.63) is 23.3 Å². The maximum Gasteiger partial charge on any atom is 0.0673 e. The Bertz CT molecular complexity index is 419. The van der Waals surface area contributed by atoms with E-state index in [2.05, 4.69) is 33.8 Å². The van der Waals surface area contributed by atoms with Crippen molar-refractivity contribution in [2.24, 2.45) is 0 Å². The first-order valence-electron chi connectivity index (χ1n) is 8.06. The summed E-state index contributed by atoms with van der Waals surface area (Å²) in [7, 11) is 3.51. The summed E-state index contributed by atoms with van der Waals surface area (Å²) in [5.74, 6) is 6.63. The number of methoxy groups -OCH3 is 2. The van der Waals surface area contributed by atoms with Crippen molar-refractivity contribution in [2.45, 2.75) is 12.8 Å². The van der Waals surface area contributed by atoms with Crippen LogP contribution in [-0.4, -0.2) is 76.5 Å². The van der Waals surface area contributed by atoms with Crippen LogP contribution in [0.1, 0.15) is 12.8 Å². The van der Waals surface area contributed by atoms with Crippen LogP contribution in [0.4, 0.5) is 0 Å². The number of hydrogen-bond donors (Lipinski definition) is 0. The van der Waals surface area contributed by atoms with Crippen molar-refractivity contribution >= 4 is 0 Å². The molecule has 0 aromatic heterocycles. The second kappa shape index (κ2) is 9.81. The fourth-order valence-corrected chi connectivity index (χ4v) is 2.76. The van der Waals surface area contributed by atoms with Crippen LogP contribution in [0.25, 0.3) is 0 Å². The van der Waals surface area contributed by atoms with E-state index in [1.807, 2.05) is 0 Å². The summed E-state index contributed by atoms with van der Waals surface area (Å²) in [6.45, 7) is 7.47. The van der Waals surface area contributed by atoms with E-state index < -0.39 is 0 Å². The van der Waals surface area contributed by atoms with E-state index in [0.717, 1.165) is 65.3 Å². The van der Waals surface area contributed by atoms with E-state index in [9.17, 15) is 0 Å². The largest absolute Gasteiger partial charge is 0.380 e. The first kappa shape index (κ1) is 17.2. The Labute approximate surface area is 134 Å². The van der Waals surface area contributed by atoms with E-state index >= 15 is 0 Å². The van der Waals surface area contributed by atoms with Gasteiger partial charge in [0, 0.05) is 40.4 Å². The van der Waals surface area contributed by atoms with Gasteiger partial charge in [0.1, 0.15) is 0 Å². The minimum Gasteiger partial charge on any atom is -0.380 e. The smallest absolute Gasteiger partial charge is 0.0673 e. The SMILES string of the molecule is COCC1=CCN(CC#CCN2CC=C(COC)CC2)CC1. The second-order valence-electron chi connectivity index (χ2n) is 5.91. The lowest BCUT2D eigenvalue weighted by atomic mass is 10.1. The van der Waals surface area contributed by atoms with E-state index in [4.69, 9.17) is 9.47 Å². The van der Waals surface area contributed by atoms with E-state index in [0.29, 0.717) is 0 Å². The molecule has 2 rings (SSSR count). The highest BCUT2D eigenvalue weighted by Crippen LogP contribution is 2.11. The highest BCUT2D eigenvalue weighted by Gasteiger charge is 2.11. The molecule has 0 N–H and O–H groups in total. The van der Waals surface area contributed by atoms with Crippen molar-refractivity contribution in [2.75, 3.05) is 66.7 Å². The summed E-state index contributed by atoms with van der Waals surface area (Å²) in [6.07, 6.45) is 6.77. The monoisotopic (exact) mass is 304 g/mol. The number of rotatable bonds is 6. The van der Waals surface area contributed by atoms with Crippen LogP contribution < -0.4 is 0 Å². The third kappa shape index (κ3) is 5.94. The van der Waals surface area contributed by atoms with Gasteiger partial charge in [0.2, 0.25) is 0 Å². The van der Waals surface area contributed by atoms with Gasteiger partial charge in [-0.3, -0.25) is 9.80 Å². The molecule has 0 amide bonds. The molecule has 0 aliphatic carbocycles. The average molecular weight is 304 g/mol. The van der Waals surface area contributed by atoms with Gasteiger partial charge in [0.15, 0.2) is 0 Å². The molecule has 0 spiro atoms. The first-order chi connectivity index (χ1) is 10.8. The van der Waals surface area contributed by atoms with Crippen molar-refractivity contribution in [1.82, 2.24) is 9.80 Å². The van der Waals surface area contributed by atoms with Crippen LogP contribution in [0.2, 0.25) is 0 Å². The van der Waals surface area contributed by atoms with Crippen LogP contribution in [0.15, 0.2) is 23.3 Å². The van der Waals surface area contributed by atoms with Gasteiger partial charge in [-0.25, -0.2) is 0 Å². The summed E-state index contributed by atoms with van der Waals surface area (Å²) in [5, 5.41) is 0. The molecule has 0 aromatic rings. The van der Waals surface area contributed by atoms with Crippen molar-refractivity contribution in [3.63, 3.8) is 0 Å². The van der Waals surface area contributed by atoms with Crippen LogP contribution >= 0.6 is 0 Å². The minimum atomic E-state index is 0.771. The van der Waals surface area contributed by atoms with Gasteiger partial charge < -0.3 is 9.47 Å². The van der Waals surface area contributed by atoms with Gasteiger partial charge in [-0.1, -0.05) is 24.0 Å². The first-order valence-corrected chi connectivity index (χ1v) is 8.06. The molecule has 0 unspecified atom stereocenters. The maximum absolute atomic E-state index is 5.17. The predicted molar refractivity (Wildman–Crippen MR) is 89.8 cm³/mol. The summed E-state index contributed by atoms with van der Waals surface area (Å²) in [4.78, 5) is 4.78. The Balaban J connectivity index is 1.64. The molecule has 2 aliphatic heterocycles. The van der Waals surface area contributed by atoms with Gasteiger partial charge >= 0.3 is 0 Å². The Kier molecular flexibility index (Phi) is 7.68. The Hall–Kier alpha value is -1.12. The molecular formula is C18H28N2O2. The normalized spacial score (nSPS) is 20.1. The zero-order valence-electron chi connectivity index (χ0n) is 13.9. The predicted octanol–water partition coefficient (Wildman–Crippen LogP) is 1.55. The molecule has 122 valence electrons. The Morgan fingerprint density at radius 1 is 0.864 bits per heavy atom. The highest BCUT2D eigenvalue weighted by atomic mass is 16.5. The minimum absolute atomic E-state index is 0.771. The molecule has 2 heterocycles. The highest BCUT2D eigenvalue weighted by molar-refractivity contribution is 5.12. The zero-order chi connectivity index (χ0) is 15.6. The van der Waals surface area contributed by atoms with Gasteiger partial charge in [0.05, 0.1) is 26.3 Å². The number of ether oxygens (including phenoxy) is 2. The molecule has 0 saturated carbocycles. The van der Waals surface area contributed by atoms with Gasteiger partial charge in [-0.05, 0) is 24.0 Å². The molecule has 4 nitrogen and oxygen atoms in total. The Morgan fingerprint density at radius 2 is 1.32 bits per heavy atom. The number of nitrogens with zero attached hydrogens (tertiary/aromatic N) is 2. The van der Waals surface area contributed by atoms with E-state index in [-0.39, 0.29) is 0 Å². The van der Waals surface area contributed by atoms with Gasteiger partial charge in [-0.2, -0.15) is 0 Å². The zero-order valence-corrected chi connectivity index (χ0v) is 13.9. The summed E-state index contributed by atoms with van der Waals surface area (Å²) in [5.41, 5.74) is 2.83. The topological polar surface area (TPSA) is 24.9 Å². The molecule has 4 heteroatoms. The average Bonchev–Trinajstić information content (AvgIpc) is 2.55.